The maximum atomic E-state index is 10.9. The zero-order valence-electron chi connectivity index (χ0n) is 4.83. The van der Waals surface area contributed by atoms with Crippen LogP contribution in [-0.2, 0) is 9.53 Å². The third-order valence-electron chi connectivity index (χ3n) is 0.938. The summed E-state index contributed by atoms with van der Waals surface area (Å²) in [6, 6.07) is 0. The molecule has 0 saturated carbocycles. The molecule has 0 fully saturated rings. The van der Waals surface area contributed by atoms with E-state index < -0.39 is 5.97 Å². The first-order valence-electron chi connectivity index (χ1n) is 2.37. The normalized spacial score (nSPS) is 17.5. The van der Waals surface area contributed by atoms with Crippen molar-refractivity contribution in [2.45, 2.75) is 0 Å². The predicted octanol–water partition coefficient (Wildman–Crippen LogP) is 3.50. The Morgan fingerprint density at radius 3 is 1.91 bits per heavy atom. The molecule has 11 heavy (non-hydrogen) atoms. The van der Waals surface area contributed by atoms with E-state index in [0.29, 0.717) is 18.1 Å². The average Bonchev–Trinajstić information content (AvgIpc) is 2.17. The largest absolute Gasteiger partial charge is 0.419 e. The van der Waals surface area contributed by atoms with Gasteiger partial charge in [-0.25, -0.2) is 4.79 Å². The summed E-state index contributed by atoms with van der Waals surface area (Å²) in [6.07, 6.45) is 0. The minimum Gasteiger partial charge on any atom is -0.419 e. The lowest BCUT2D eigenvalue weighted by Crippen LogP contribution is -1.93. The molecule has 0 atom stereocenters. The van der Waals surface area contributed by atoms with E-state index in [-0.39, 0.29) is 0 Å². The Kier molecular flexibility index (Phi) is 3.37. The van der Waals surface area contributed by atoms with Gasteiger partial charge in [0.15, 0.2) is 5.76 Å². The molecule has 2 nitrogen and oxygen atoms in total. The number of carbonyl (C=O) groups is 1. The lowest BCUT2D eigenvalue weighted by Gasteiger charge is -1.95. The molecule has 0 N–H and O–H groups in total. The minimum absolute atomic E-state index is 0.393. The van der Waals surface area contributed by atoms with Crippen molar-refractivity contribution in [3.63, 3.8) is 0 Å². The third-order valence-corrected chi connectivity index (χ3v) is 3.67. The molecule has 0 amide bonds. The number of cyclic esters (lactones) is 1. The van der Waals surface area contributed by atoms with Gasteiger partial charge >= 0.3 is 5.97 Å². The van der Waals surface area contributed by atoms with Crippen LogP contribution in [0.3, 0.4) is 0 Å². The molecule has 0 spiro atoms. The number of hydrogen-bond acceptors (Lipinski definition) is 2. The molecule has 1 rings (SSSR count). The van der Waals surface area contributed by atoms with Gasteiger partial charge in [0.1, 0.15) is 7.87 Å². The number of rotatable bonds is 0. The second-order valence-electron chi connectivity index (χ2n) is 1.61. The van der Waals surface area contributed by atoms with Gasteiger partial charge in [-0.3, -0.25) is 0 Å². The molecule has 0 unspecified atom stereocenters. The fourth-order valence-corrected chi connectivity index (χ4v) is 2.29. The molecular formula is C5Br4O2. The fraction of sp³-hybridized carbons (Fsp3) is 0. The van der Waals surface area contributed by atoms with Crippen molar-refractivity contribution >= 4 is 69.7 Å². The van der Waals surface area contributed by atoms with Crippen LogP contribution in [0.2, 0.25) is 0 Å². The monoisotopic (exact) mass is 408 g/mol. The molecule has 1 aliphatic heterocycles. The van der Waals surface area contributed by atoms with Crippen LogP contribution in [-0.4, -0.2) is 5.97 Å². The Morgan fingerprint density at radius 2 is 1.73 bits per heavy atom. The van der Waals surface area contributed by atoms with Gasteiger partial charge in [-0.1, -0.05) is 0 Å². The first-order chi connectivity index (χ1) is 5.04. The lowest BCUT2D eigenvalue weighted by atomic mass is 10.5. The van der Waals surface area contributed by atoms with Gasteiger partial charge in [-0.2, -0.15) is 0 Å². The van der Waals surface area contributed by atoms with Crippen molar-refractivity contribution in [3.8, 4) is 0 Å². The van der Waals surface area contributed by atoms with Crippen molar-refractivity contribution < 1.29 is 9.53 Å². The Hall–Kier alpha value is 0.870. The number of carbonyl (C=O) groups excluding carboxylic acids is 1. The van der Waals surface area contributed by atoms with E-state index in [0.717, 1.165) is 0 Å². The first-order valence-corrected chi connectivity index (χ1v) is 5.54. The first kappa shape index (κ1) is 9.95. The highest BCUT2D eigenvalue weighted by molar-refractivity contribution is 9.28. The van der Waals surface area contributed by atoms with E-state index in [9.17, 15) is 4.79 Å². The Labute approximate surface area is 96.6 Å². The van der Waals surface area contributed by atoms with Gasteiger partial charge in [0.05, 0.1) is 4.48 Å². The average molecular weight is 412 g/mol. The summed E-state index contributed by atoms with van der Waals surface area (Å²) in [5, 5.41) is 0. The highest BCUT2D eigenvalue weighted by atomic mass is 79.9. The second kappa shape index (κ2) is 3.72. The molecule has 0 aliphatic carbocycles. The van der Waals surface area contributed by atoms with E-state index in [1.807, 2.05) is 0 Å². The maximum Gasteiger partial charge on any atom is 0.352 e. The van der Waals surface area contributed by atoms with E-state index in [2.05, 4.69) is 63.7 Å². The van der Waals surface area contributed by atoms with Crippen LogP contribution in [0.5, 0.6) is 0 Å². The fourth-order valence-electron chi connectivity index (χ4n) is 0.493. The molecule has 6 heteroatoms. The standard InChI is InChI=1S/C5Br4O2/c6-1-2(7)5(10)11-3(1)4(8)9. The molecule has 1 aliphatic rings. The summed E-state index contributed by atoms with van der Waals surface area (Å²) in [6.45, 7) is 0. The van der Waals surface area contributed by atoms with Crippen molar-refractivity contribution in [1.29, 1.82) is 0 Å². The predicted molar refractivity (Wildman–Crippen MR) is 55.9 cm³/mol. The van der Waals surface area contributed by atoms with Crippen LogP contribution in [0.25, 0.3) is 0 Å². The topological polar surface area (TPSA) is 26.3 Å². The van der Waals surface area contributed by atoms with Crippen LogP contribution in [0.4, 0.5) is 0 Å². The quantitative estimate of drug-likeness (QED) is 0.570. The lowest BCUT2D eigenvalue weighted by molar-refractivity contribution is -0.132. The van der Waals surface area contributed by atoms with Gasteiger partial charge in [0.2, 0.25) is 0 Å². The molecule has 60 valence electrons. The molecule has 0 aromatic rings. The number of esters is 1. The second-order valence-corrected chi connectivity index (χ2v) is 5.84. The van der Waals surface area contributed by atoms with E-state index in [1.165, 1.54) is 0 Å². The Balaban J connectivity index is 3.15. The smallest absolute Gasteiger partial charge is 0.352 e. The summed E-state index contributed by atoms with van der Waals surface area (Å²) in [4.78, 5) is 10.9. The number of hydrogen-bond donors (Lipinski definition) is 0. The van der Waals surface area contributed by atoms with Gasteiger partial charge in [0.25, 0.3) is 0 Å². The molecule has 0 aromatic heterocycles. The molecular weight excluding hydrogens is 412 g/mol. The van der Waals surface area contributed by atoms with Crippen molar-refractivity contribution in [3.05, 3.63) is 18.1 Å². The zero-order valence-corrected chi connectivity index (χ0v) is 11.2. The Bertz CT molecular complexity index is 274. The van der Waals surface area contributed by atoms with Gasteiger partial charge in [-0.05, 0) is 63.7 Å². The van der Waals surface area contributed by atoms with Crippen molar-refractivity contribution in [1.82, 2.24) is 0 Å². The number of ether oxygens (including phenoxy) is 1. The molecule has 0 bridgehead atoms. The summed E-state index contributed by atoms with van der Waals surface area (Å²) in [7, 11) is 0. The van der Waals surface area contributed by atoms with Gasteiger partial charge in [0, 0.05) is 0 Å². The number of allylic oxidation sites excluding steroid dienone is 1. The van der Waals surface area contributed by atoms with E-state index >= 15 is 0 Å². The van der Waals surface area contributed by atoms with Crippen LogP contribution in [0, 0.1) is 0 Å². The van der Waals surface area contributed by atoms with Gasteiger partial charge in [-0.15, -0.1) is 0 Å². The minimum atomic E-state index is -0.400. The van der Waals surface area contributed by atoms with Crippen LogP contribution in [0.1, 0.15) is 0 Å². The number of halogens is 4. The SMILES string of the molecule is O=C1OC(=C(Br)Br)C(Br)=C1Br. The molecule has 0 aromatic carbocycles. The molecule has 1 heterocycles. The molecule has 0 radical (unpaired) electrons. The van der Waals surface area contributed by atoms with E-state index in [1.54, 1.807) is 0 Å². The Morgan fingerprint density at radius 1 is 1.18 bits per heavy atom. The summed E-state index contributed by atoms with van der Waals surface area (Å²) in [5.74, 6) is 0.0464. The maximum absolute atomic E-state index is 10.9. The highest BCUT2D eigenvalue weighted by Crippen LogP contribution is 2.38. The van der Waals surface area contributed by atoms with Crippen LogP contribution < -0.4 is 0 Å². The van der Waals surface area contributed by atoms with Crippen LogP contribution in [0.15, 0.2) is 18.1 Å². The third kappa shape index (κ3) is 1.96. The van der Waals surface area contributed by atoms with Crippen molar-refractivity contribution in [2.75, 3.05) is 0 Å². The summed E-state index contributed by atoms with van der Waals surface area (Å²) in [5.41, 5.74) is 0. The molecule has 0 saturated heterocycles. The highest BCUT2D eigenvalue weighted by Gasteiger charge is 2.27. The van der Waals surface area contributed by atoms with Gasteiger partial charge < -0.3 is 4.74 Å². The summed E-state index contributed by atoms with van der Waals surface area (Å²) < 4.78 is 6.42. The zero-order chi connectivity index (χ0) is 8.59. The summed E-state index contributed by atoms with van der Waals surface area (Å²) >= 11 is 12.5. The van der Waals surface area contributed by atoms with E-state index in [4.69, 9.17) is 4.74 Å². The van der Waals surface area contributed by atoms with Crippen molar-refractivity contribution in [2.24, 2.45) is 0 Å². The van der Waals surface area contributed by atoms with Crippen LogP contribution >= 0.6 is 63.7 Å².